The zero-order valence-electron chi connectivity index (χ0n) is 17.6. The predicted octanol–water partition coefficient (Wildman–Crippen LogP) is 4.23. The van der Waals surface area contributed by atoms with Gasteiger partial charge in [-0.25, -0.2) is 0 Å². The first-order valence-corrected chi connectivity index (χ1v) is 10.2. The molecule has 6 heteroatoms. The number of Topliss-reactive ketones (excluding diaryl/α,β-unsaturated/α-hetero) is 1. The van der Waals surface area contributed by atoms with Crippen molar-refractivity contribution < 1.29 is 23.8 Å². The molecule has 6 nitrogen and oxygen atoms in total. The summed E-state index contributed by atoms with van der Waals surface area (Å²) in [4.78, 5) is 30.7. The summed E-state index contributed by atoms with van der Waals surface area (Å²) in [5.41, 5.74) is 2.83. The average molecular weight is 399 g/mol. The number of ketones is 1. The molecular weight excluding hydrogens is 370 g/mol. The highest BCUT2D eigenvalue weighted by atomic mass is 16.5. The number of aliphatic imine (C=N–C) groups is 1. The number of ether oxygens (including phenoxy) is 3. The van der Waals surface area contributed by atoms with Crippen LogP contribution in [0.3, 0.4) is 0 Å². The monoisotopic (exact) mass is 399 g/mol. The van der Waals surface area contributed by atoms with Crippen LogP contribution >= 0.6 is 0 Å². The molecule has 29 heavy (non-hydrogen) atoms. The molecule has 0 spiro atoms. The van der Waals surface area contributed by atoms with Crippen LogP contribution in [0.2, 0.25) is 0 Å². The third-order valence-corrected chi connectivity index (χ3v) is 5.60. The Morgan fingerprint density at radius 3 is 2.69 bits per heavy atom. The minimum absolute atomic E-state index is 0.0451. The van der Waals surface area contributed by atoms with Crippen molar-refractivity contribution in [3.05, 3.63) is 35.0 Å². The first-order valence-electron chi connectivity index (χ1n) is 10.2. The van der Waals surface area contributed by atoms with Crippen molar-refractivity contribution in [2.45, 2.75) is 51.9 Å². The van der Waals surface area contributed by atoms with Crippen molar-refractivity contribution in [1.29, 1.82) is 0 Å². The minimum Gasteiger partial charge on any atom is -0.493 e. The summed E-state index contributed by atoms with van der Waals surface area (Å²) in [5.74, 6) is -0.355. The fraction of sp³-hybridized carbons (Fsp3) is 0.522. The second-order valence-corrected chi connectivity index (χ2v) is 7.45. The number of hydrogen-bond acceptors (Lipinski definition) is 6. The quantitative estimate of drug-likeness (QED) is 0.507. The number of carbonyl (C=O) groups excluding carboxylic acids is 2. The Kier molecular flexibility index (Phi) is 6.72. The highest BCUT2D eigenvalue weighted by Gasteiger charge is 2.44. The van der Waals surface area contributed by atoms with Gasteiger partial charge in [0, 0.05) is 34.9 Å². The topological polar surface area (TPSA) is 74.2 Å². The minimum atomic E-state index is -0.659. The van der Waals surface area contributed by atoms with Gasteiger partial charge >= 0.3 is 5.97 Å². The van der Waals surface area contributed by atoms with Crippen molar-refractivity contribution in [2.24, 2.45) is 10.9 Å². The van der Waals surface area contributed by atoms with Gasteiger partial charge in [-0.2, -0.15) is 0 Å². The van der Waals surface area contributed by atoms with E-state index in [4.69, 9.17) is 14.2 Å². The largest absolute Gasteiger partial charge is 0.493 e. The summed E-state index contributed by atoms with van der Waals surface area (Å²) in [6.45, 7) is 4.25. The fourth-order valence-corrected chi connectivity index (χ4v) is 4.21. The van der Waals surface area contributed by atoms with Crippen molar-refractivity contribution in [3.8, 4) is 11.5 Å². The number of methoxy groups -OCH3 is 2. The van der Waals surface area contributed by atoms with Gasteiger partial charge in [0.15, 0.2) is 17.3 Å². The summed E-state index contributed by atoms with van der Waals surface area (Å²) in [6.07, 6.45) is 3.72. The van der Waals surface area contributed by atoms with E-state index in [1.807, 2.05) is 26.0 Å². The lowest BCUT2D eigenvalue weighted by molar-refractivity contribution is -0.146. The molecule has 1 aromatic carbocycles. The maximum atomic E-state index is 13.1. The lowest BCUT2D eigenvalue weighted by atomic mass is 9.71. The number of allylic oxidation sites excluding steroid dienone is 2. The molecule has 3 rings (SSSR count). The van der Waals surface area contributed by atoms with E-state index in [1.54, 1.807) is 20.3 Å². The number of rotatable bonds is 7. The third kappa shape index (κ3) is 4.07. The van der Waals surface area contributed by atoms with Gasteiger partial charge in [0.25, 0.3) is 0 Å². The summed E-state index contributed by atoms with van der Waals surface area (Å²) in [7, 11) is 3.14. The molecule has 1 heterocycles. The summed E-state index contributed by atoms with van der Waals surface area (Å²) in [6, 6.07) is 5.55. The normalized spacial score (nSPS) is 21.4. The molecule has 2 aliphatic rings. The zero-order valence-corrected chi connectivity index (χ0v) is 17.6. The molecule has 1 aliphatic heterocycles. The number of hydrogen-bond donors (Lipinski definition) is 0. The molecule has 0 aromatic heterocycles. The second kappa shape index (κ2) is 9.25. The van der Waals surface area contributed by atoms with Crippen LogP contribution in [0.4, 0.5) is 0 Å². The Balaban J connectivity index is 2.14. The first kappa shape index (κ1) is 21.1. The predicted molar refractivity (Wildman–Crippen MR) is 111 cm³/mol. The van der Waals surface area contributed by atoms with Gasteiger partial charge in [-0.1, -0.05) is 25.5 Å². The number of nitrogens with zero attached hydrogens (tertiary/aromatic N) is 1. The van der Waals surface area contributed by atoms with Crippen molar-refractivity contribution in [3.63, 3.8) is 0 Å². The van der Waals surface area contributed by atoms with E-state index in [0.29, 0.717) is 35.8 Å². The van der Waals surface area contributed by atoms with Gasteiger partial charge in [-0.15, -0.1) is 0 Å². The zero-order chi connectivity index (χ0) is 21.0. The maximum absolute atomic E-state index is 13.1. The lowest BCUT2D eigenvalue weighted by Gasteiger charge is -2.35. The molecule has 0 bridgehead atoms. The van der Waals surface area contributed by atoms with Crippen LogP contribution in [-0.2, 0) is 14.3 Å². The van der Waals surface area contributed by atoms with Gasteiger partial charge in [0.2, 0.25) is 0 Å². The van der Waals surface area contributed by atoms with E-state index in [1.165, 1.54) is 0 Å². The average Bonchev–Trinajstić information content (AvgIpc) is 2.72. The SMILES string of the molecule is CCCCOC(=O)C1C(C)=NC2=C(C(=O)CCC2)[C@@H]1c1cccc(OC)c1OC. The number of benzene rings is 1. The molecule has 0 amide bonds. The van der Waals surface area contributed by atoms with E-state index in [-0.39, 0.29) is 11.8 Å². The smallest absolute Gasteiger partial charge is 0.315 e. The van der Waals surface area contributed by atoms with Gasteiger partial charge in [0.1, 0.15) is 5.92 Å². The Morgan fingerprint density at radius 2 is 2.00 bits per heavy atom. The molecule has 0 saturated carbocycles. The molecule has 156 valence electrons. The molecule has 0 radical (unpaired) electrons. The van der Waals surface area contributed by atoms with Crippen LogP contribution in [-0.4, -0.2) is 38.3 Å². The molecule has 1 aliphatic carbocycles. The Bertz CT molecular complexity index is 855. The van der Waals surface area contributed by atoms with Crippen LogP contribution in [0.15, 0.2) is 34.5 Å². The second-order valence-electron chi connectivity index (χ2n) is 7.45. The van der Waals surface area contributed by atoms with Crippen LogP contribution in [0.5, 0.6) is 11.5 Å². The Hall–Kier alpha value is -2.63. The van der Waals surface area contributed by atoms with Crippen LogP contribution in [0.1, 0.15) is 57.4 Å². The number of para-hydroxylation sites is 1. The van der Waals surface area contributed by atoms with Gasteiger partial charge in [-0.05, 0) is 32.3 Å². The first-order chi connectivity index (χ1) is 14.0. The fourth-order valence-electron chi connectivity index (χ4n) is 4.21. The number of unbranched alkanes of at least 4 members (excludes halogenated alkanes) is 1. The van der Waals surface area contributed by atoms with E-state index in [2.05, 4.69) is 4.99 Å². The standard InChI is InChI=1S/C23H29NO5/c1-5-6-13-29-23(26)19-14(2)24-16-10-8-11-17(25)21(16)20(19)15-9-7-12-18(27-3)22(15)28-4/h7,9,12,19-20H,5-6,8,10-11,13H2,1-4H3/t19?,20-/m1/s1. The van der Waals surface area contributed by atoms with E-state index in [9.17, 15) is 9.59 Å². The summed E-state index contributed by atoms with van der Waals surface area (Å²) >= 11 is 0. The molecular formula is C23H29NO5. The highest BCUT2D eigenvalue weighted by molar-refractivity contribution is 6.09. The van der Waals surface area contributed by atoms with Gasteiger partial charge in [0.05, 0.1) is 20.8 Å². The maximum Gasteiger partial charge on any atom is 0.315 e. The number of carbonyl (C=O) groups is 2. The molecule has 2 atom stereocenters. The molecule has 1 aromatic rings. The number of esters is 1. The van der Waals surface area contributed by atoms with Crippen LogP contribution in [0.25, 0.3) is 0 Å². The van der Waals surface area contributed by atoms with Crippen LogP contribution in [0, 0.1) is 5.92 Å². The molecule has 0 N–H and O–H groups in total. The summed E-state index contributed by atoms with van der Waals surface area (Å²) in [5, 5.41) is 0. The van der Waals surface area contributed by atoms with E-state index in [0.717, 1.165) is 36.9 Å². The van der Waals surface area contributed by atoms with Gasteiger partial charge < -0.3 is 14.2 Å². The lowest BCUT2D eigenvalue weighted by Crippen LogP contribution is -2.37. The summed E-state index contributed by atoms with van der Waals surface area (Å²) < 4.78 is 16.7. The third-order valence-electron chi connectivity index (χ3n) is 5.60. The Morgan fingerprint density at radius 1 is 1.21 bits per heavy atom. The van der Waals surface area contributed by atoms with E-state index >= 15 is 0 Å². The highest BCUT2D eigenvalue weighted by Crippen LogP contribution is 2.48. The molecule has 1 unspecified atom stereocenters. The van der Waals surface area contributed by atoms with Crippen molar-refractivity contribution >= 4 is 17.5 Å². The van der Waals surface area contributed by atoms with Gasteiger partial charge in [-0.3, -0.25) is 14.6 Å². The molecule has 0 saturated heterocycles. The van der Waals surface area contributed by atoms with Crippen LogP contribution < -0.4 is 9.47 Å². The molecule has 0 fully saturated rings. The van der Waals surface area contributed by atoms with Crippen molar-refractivity contribution in [2.75, 3.05) is 20.8 Å². The Labute approximate surface area is 171 Å². The van der Waals surface area contributed by atoms with E-state index < -0.39 is 11.8 Å². The van der Waals surface area contributed by atoms with Crippen molar-refractivity contribution in [1.82, 2.24) is 0 Å².